The number of fused-ring (bicyclic) bond motifs is 1. The molecule has 0 unspecified atom stereocenters. The Morgan fingerprint density at radius 2 is 2.18 bits per heavy atom. The van der Waals surface area contributed by atoms with E-state index in [2.05, 4.69) is 26.7 Å². The molecule has 1 aromatic carbocycles. The lowest BCUT2D eigenvalue weighted by Gasteiger charge is -2.37. The summed E-state index contributed by atoms with van der Waals surface area (Å²) in [6.07, 6.45) is 6.38. The van der Waals surface area contributed by atoms with Crippen molar-refractivity contribution in [1.29, 1.82) is 0 Å². The first-order valence-electron chi connectivity index (χ1n) is 11.5. The van der Waals surface area contributed by atoms with E-state index in [1.165, 1.54) is 6.26 Å². The lowest BCUT2D eigenvalue weighted by Crippen LogP contribution is -2.41. The van der Waals surface area contributed by atoms with Gasteiger partial charge in [-0.25, -0.2) is 4.98 Å². The number of oxazole rings is 1. The van der Waals surface area contributed by atoms with Crippen molar-refractivity contribution >= 4 is 16.9 Å². The van der Waals surface area contributed by atoms with Crippen molar-refractivity contribution < 1.29 is 24.2 Å². The van der Waals surface area contributed by atoms with Gasteiger partial charge < -0.3 is 19.4 Å². The zero-order chi connectivity index (χ0) is 23.9. The predicted octanol–water partition coefficient (Wildman–Crippen LogP) is 3.51. The Kier molecular flexibility index (Phi) is 7.78. The smallest absolute Gasteiger partial charge is 0.303 e. The van der Waals surface area contributed by atoms with Gasteiger partial charge in [0.1, 0.15) is 12.0 Å². The van der Waals surface area contributed by atoms with Crippen LogP contribution in [0.4, 0.5) is 0 Å². The number of aliphatic hydroxyl groups is 1. The van der Waals surface area contributed by atoms with Gasteiger partial charge in [-0.2, -0.15) is 0 Å². The second-order valence-corrected chi connectivity index (χ2v) is 8.66. The van der Waals surface area contributed by atoms with Gasteiger partial charge in [0.25, 0.3) is 5.89 Å². The quantitative estimate of drug-likeness (QED) is 0.489. The molecule has 0 saturated carbocycles. The van der Waals surface area contributed by atoms with Gasteiger partial charge >= 0.3 is 5.97 Å². The number of likely N-dealkylation sites (tertiary alicyclic amines) is 1. The Hall–Kier alpha value is -3.41. The molecule has 1 aliphatic rings. The fraction of sp³-hybridized carbons (Fsp3) is 0.423. The highest BCUT2D eigenvalue weighted by molar-refractivity contribution is 5.83. The number of hydrogen-bond donors (Lipinski definition) is 2. The molecule has 3 heterocycles. The monoisotopic (exact) mass is 463 g/mol. The van der Waals surface area contributed by atoms with Gasteiger partial charge in [-0.15, -0.1) is 0 Å². The first kappa shape index (κ1) is 23.7. The summed E-state index contributed by atoms with van der Waals surface area (Å²) in [4.78, 5) is 22.1. The van der Waals surface area contributed by atoms with Crippen LogP contribution in [0.3, 0.4) is 0 Å². The van der Waals surface area contributed by atoms with Crippen LogP contribution in [0.2, 0.25) is 0 Å². The van der Waals surface area contributed by atoms with E-state index in [1.807, 2.05) is 24.3 Å². The van der Waals surface area contributed by atoms with Gasteiger partial charge in [-0.05, 0) is 73.4 Å². The van der Waals surface area contributed by atoms with Gasteiger partial charge in [-0.1, -0.05) is 5.92 Å². The molecule has 0 amide bonds. The number of piperidine rings is 1. The van der Waals surface area contributed by atoms with Crippen LogP contribution in [0, 0.1) is 23.7 Å². The summed E-state index contributed by atoms with van der Waals surface area (Å²) < 4.78 is 10.5. The molecule has 0 radical (unpaired) electrons. The molecule has 1 aliphatic heterocycles. The number of carboxylic acids is 1. The lowest BCUT2D eigenvalue weighted by molar-refractivity contribution is -0.139. The molecule has 8 heteroatoms. The molecule has 8 nitrogen and oxygen atoms in total. The summed E-state index contributed by atoms with van der Waals surface area (Å²) in [5, 5.41) is 21.3. The van der Waals surface area contributed by atoms with Crippen LogP contribution < -0.4 is 4.74 Å². The molecule has 2 aromatic heterocycles. The topological polar surface area (TPSA) is 109 Å². The van der Waals surface area contributed by atoms with Crippen molar-refractivity contribution in [2.24, 2.45) is 11.8 Å². The Labute approximate surface area is 198 Å². The second kappa shape index (κ2) is 11.1. The minimum atomic E-state index is -0.796. The first-order valence-corrected chi connectivity index (χ1v) is 11.5. The standard InChI is InChI=1S/C26H29N3O5/c1-33-20-5-6-23-22(16-20)21(8-10-27-23)24(30)7-4-18-9-13-29(17-19(18)15-26(31)32)12-2-3-25-28-11-14-34-25/h5-6,8,10-11,14,16,18-19,24,30H,4,7,9,12-13,15,17H2,1H3,(H,31,32)/t18-,19+,24+/m1/s1. The van der Waals surface area contributed by atoms with Crippen molar-refractivity contribution in [3.63, 3.8) is 0 Å². The number of benzene rings is 1. The fourth-order valence-electron chi connectivity index (χ4n) is 4.74. The summed E-state index contributed by atoms with van der Waals surface area (Å²) in [7, 11) is 1.61. The molecular weight excluding hydrogens is 434 g/mol. The number of rotatable bonds is 8. The molecule has 4 rings (SSSR count). The van der Waals surface area contributed by atoms with Crippen LogP contribution in [-0.4, -0.2) is 57.8 Å². The van der Waals surface area contributed by atoms with Gasteiger partial charge in [0.15, 0.2) is 0 Å². The normalized spacial score (nSPS) is 19.4. The molecule has 3 atom stereocenters. The number of ether oxygens (including phenoxy) is 1. The zero-order valence-electron chi connectivity index (χ0n) is 19.2. The second-order valence-electron chi connectivity index (χ2n) is 8.66. The van der Waals surface area contributed by atoms with E-state index >= 15 is 0 Å². The summed E-state index contributed by atoms with van der Waals surface area (Å²) in [6, 6.07) is 7.47. The molecule has 3 aromatic rings. The summed E-state index contributed by atoms with van der Waals surface area (Å²) in [5.74, 6) is 6.49. The van der Waals surface area contributed by atoms with E-state index in [1.54, 1.807) is 19.5 Å². The number of pyridine rings is 1. The molecule has 0 aliphatic carbocycles. The van der Waals surface area contributed by atoms with Crippen LogP contribution in [0.5, 0.6) is 5.75 Å². The van der Waals surface area contributed by atoms with Crippen molar-refractivity contribution in [3.05, 3.63) is 54.4 Å². The molecule has 34 heavy (non-hydrogen) atoms. The van der Waals surface area contributed by atoms with Crippen LogP contribution in [0.25, 0.3) is 10.9 Å². The highest BCUT2D eigenvalue weighted by Gasteiger charge is 2.31. The number of carboxylic acid groups (broad SMARTS) is 1. The van der Waals surface area contributed by atoms with Gasteiger partial charge in [-0.3, -0.25) is 14.7 Å². The highest BCUT2D eigenvalue weighted by atomic mass is 16.5. The molecule has 1 saturated heterocycles. The number of aliphatic hydroxyl groups excluding tert-OH is 1. The minimum Gasteiger partial charge on any atom is -0.497 e. The molecule has 0 bridgehead atoms. The molecule has 1 fully saturated rings. The van der Waals surface area contributed by atoms with Crippen molar-refractivity contribution in [2.75, 3.05) is 26.7 Å². The molecule has 2 N–H and O–H groups in total. The molecule has 0 spiro atoms. The Bertz CT molecular complexity index is 1170. The van der Waals surface area contributed by atoms with Crippen molar-refractivity contribution in [2.45, 2.75) is 31.8 Å². The zero-order valence-corrected chi connectivity index (χ0v) is 19.2. The third-order valence-electron chi connectivity index (χ3n) is 6.49. The van der Waals surface area contributed by atoms with Crippen LogP contribution in [0.1, 0.15) is 43.2 Å². The largest absolute Gasteiger partial charge is 0.497 e. The highest BCUT2D eigenvalue weighted by Crippen LogP contribution is 2.34. The molecule has 178 valence electrons. The third-order valence-corrected chi connectivity index (χ3v) is 6.49. The van der Waals surface area contributed by atoms with Crippen LogP contribution >= 0.6 is 0 Å². The van der Waals surface area contributed by atoms with Gasteiger partial charge in [0, 0.05) is 24.5 Å². The average molecular weight is 464 g/mol. The van der Waals surface area contributed by atoms with Gasteiger partial charge in [0.05, 0.1) is 31.5 Å². The van der Waals surface area contributed by atoms with E-state index < -0.39 is 12.1 Å². The summed E-state index contributed by atoms with van der Waals surface area (Å²) in [5.41, 5.74) is 1.62. The number of aliphatic carboxylic acids is 1. The van der Waals surface area contributed by atoms with E-state index in [4.69, 9.17) is 9.15 Å². The van der Waals surface area contributed by atoms with E-state index in [0.717, 1.165) is 35.9 Å². The minimum absolute atomic E-state index is 0.0104. The first-order chi connectivity index (χ1) is 16.5. The maximum absolute atomic E-state index is 11.5. The SMILES string of the molecule is COc1ccc2nccc([C@@H](O)CC[C@@H]3CCN(CC#Cc4ncco4)C[C@@H]3CC(=O)O)c2c1. The number of nitrogens with zero attached hydrogens (tertiary/aromatic N) is 3. The number of carbonyl (C=O) groups is 1. The van der Waals surface area contributed by atoms with Crippen molar-refractivity contribution in [1.82, 2.24) is 14.9 Å². The lowest BCUT2D eigenvalue weighted by atomic mass is 9.79. The Morgan fingerprint density at radius 3 is 2.94 bits per heavy atom. The maximum atomic E-state index is 11.5. The van der Waals surface area contributed by atoms with Gasteiger partial charge in [0.2, 0.25) is 0 Å². The van der Waals surface area contributed by atoms with E-state index in [-0.39, 0.29) is 18.3 Å². The van der Waals surface area contributed by atoms with Crippen LogP contribution in [0.15, 0.2) is 47.3 Å². The average Bonchev–Trinajstić information content (AvgIpc) is 3.36. The molecular formula is C26H29N3O5. The van der Waals surface area contributed by atoms with E-state index in [0.29, 0.717) is 31.2 Å². The number of aromatic nitrogens is 2. The predicted molar refractivity (Wildman–Crippen MR) is 126 cm³/mol. The number of methoxy groups -OCH3 is 1. The van der Waals surface area contributed by atoms with Crippen molar-refractivity contribution in [3.8, 4) is 17.6 Å². The Balaban J connectivity index is 1.39. The summed E-state index contributed by atoms with van der Waals surface area (Å²) >= 11 is 0. The van der Waals surface area contributed by atoms with Crippen LogP contribution in [-0.2, 0) is 4.79 Å². The number of hydrogen-bond acceptors (Lipinski definition) is 7. The maximum Gasteiger partial charge on any atom is 0.303 e. The van der Waals surface area contributed by atoms with E-state index in [9.17, 15) is 15.0 Å². The fourth-order valence-corrected chi connectivity index (χ4v) is 4.74. The summed E-state index contributed by atoms with van der Waals surface area (Å²) in [6.45, 7) is 2.05. The Morgan fingerprint density at radius 1 is 1.29 bits per heavy atom. The third kappa shape index (κ3) is 5.93.